The van der Waals surface area contributed by atoms with E-state index in [1.54, 1.807) is 18.2 Å². The summed E-state index contributed by atoms with van der Waals surface area (Å²) in [4.78, 5) is 12.5. The molecule has 0 aliphatic carbocycles. The minimum Gasteiger partial charge on any atom is -0.490 e. The molecule has 0 fully saturated rings. The summed E-state index contributed by atoms with van der Waals surface area (Å²) in [5, 5.41) is 12.3. The average molecular weight is 383 g/mol. The maximum Gasteiger partial charge on any atom is 0.257 e. The van der Waals surface area contributed by atoms with E-state index in [9.17, 15) is 4.79 Å². The Balaban J connectivity index is 1.69. The first-order valence-electron chi connectivity index (χ1n) is 8.77. The van der Waals surface area contributed by atoms with Gasteiger partial charge in [-0.2, -0.15) is 0 Å². The van der Waals surface area contributed by atoms with Crippen molar-refractivity contribution < 1.29 is 14.3 Å². The van der Waals surface area contributed by atoms with E-state index >= 15 is 0 Å². The third-order valence-corrected chi connectivity index (χ3v) is 4.53. The SMILES string of the molecule is CCOc1ccc(C(=O)Nc2nnc(Cc3ccccc3)s2)cc1OCC. The number of hydrogen-bond acceptors (Lipinski definition) is 6. The lowest BCUT2D eigenvalue weighted by Gasteiger charge is -2.12. The molecule has 0 unspecified atom stereocenters. The zero-order chi connectivity index (χ0) is 19.1. The number of benzene rings is 2. The molecule has 2 aromatic carbocycles. The van der Waals surface area contributed by atoms with Gasteiger partial charge >= 0.3 is 0 Å². The summed E-state index contributed by atoms with van der Waals surface area (Å²) < 4.78 is 11.1. The molecule has 1 N–H and O–H groups in total. The molecule has 3 aromatic rings. The van der Waals surface area contributed by atoms with Crippen LogP contribution in [0.2, 0.25) is 0 Å². The monoisotopic (exact) mass is 383 g/mol. The van der Waals surface area contributed by atoms with Crippen molar-refractivity contribution in [2.45, 2.75) is 20.3 Å². The van der Waals surface area contributed by atoms with Crippen molar-refractivity contribution in [3.05, 3.63) is 64.7 Å². The summed E-state index contributed by atoms with van der Waals surface area (Å²) in [6.45, 7) is 4.81. The topological polar surface area (TPSA) is 73.3 Å². The lowest BCUT2D eigenvalue weighted by atomic mass is 10.2. The van der Waals surface area contributed by atoms with Crippen molar-refractivity contribution in [3.8, 4) is 11.5 Å². The highest BCUT2D eigenvalue weighted by Crippen LogP contribution is 2.29. The summed E-state index contributed by atoms with van der Waals surface area (Å²) in [6, 6.07) is 15.1. The first kappa shape index (κ1) is 18.8. The molecule has 0 radical (unpaired) electrons. The predicted octanol–water partition coefficient (Wildman–Crippen LogP) is 4.18. The number of rotatable bonds is 8. The smallest absolute Gasteiger partial charge is 0.257 e. The van der Waals surface area contributed by atoms with E-state index in [0.717, 1.165) is 10.6 Å². The Hall–Kier alpha value is -2.93. The fourth-order valence-corrected chi connectivity index (χ4v) is 3.28. The highest BCUT2D eigenvalue weighted by Gasteiger charge is 2.14. The van der Waals surface area contributed by atoms with Crippen LogP contribution in [-0.4, -0.2) is 29.3 Å². The van der Waals surface area contributed by atoms with Gasteiger partial charge in [-0.1, -0.05) is 41.7 Å². The molecule has 3 rings (SSSR count). The zero-order valence-corrected chi connectivity index (χ0v) is 16.1. The van der Waals surface area contributed by atoms with Gasteiger partial charge in [0.15, 0.2) is 11.5 Å². The van der Waals surface area contributed by atoms with Gasteiger partial charge in [-0.15, -0.1) is 10.2 Å². The van der Waals surface area contributed by atoms with E-state index < -0.39 is 0 Å². The second-order valence-corrected chi connectivity index (χ2v) is 6.71. The molecule has 0 aliphatic rings. The summed E-state index contributed by atoms with van der Waals surface area (Å²) in [5.41, 5.74) is 1.63. The van der Waals surface area contributed by atoms with Gasteiger partial charge in [-0.3, -0.25) is 10.1 Å². The second kappa shape index (κ2) is 9.14. The fraction of sp³-hybridized carbons (Fsp3) is 0.250. The maximum absolute atomic E-state index is 12.5. The molecular formula is C20H21N3O3S. The number of amides is 1. The van der Waals surface area contributed by atoms with Crippen LogP contribution in [0.15, 0.2) is 48.5 Å². The van der Waals surface area contributed by atoms with Gasteiger partial charge in [0.1, 0.15) is 5.01 Å². The average Bonchev–Trinajstić information content (AvgIpc) is 3.11. The molecule has 6 nitrogen and oxygen atoms in total. The van der Waals surface area contributed by atoms with E-state index in [1.165, 1.54) is 11.3 Å². The predicted molar refractivity (Wildman–Crippen MR) is 106 cm³/mol. The maximum atomic E-state index is 12.5. The molecule has 1 amide bonds. The molecular weight excluding hydrogens is 362 g/mol. The number of hydrogen-bond donors (Lipinski definition) is 1. The zero-order valence-electron chi connectivity index (χ0n) is 15.3. The number of nitrogens with one attached hydrogen (secondary N) is 1. The lowest BCUT2D eigenvalue weighted by molar-refractivity contribution is 0.102. The van der Waals surface area contributed by atoms with Crippen molar-refractivity contribution in [2.75, 3.05) is 18.5 Å². The number of anilines is 1. The largest absolute Gasteiger partial charge is 0.490 e. The van der Waals surface area contributed by atoms with Crippen LogP contribution in [0.25, 0.3) is 0 Å². The normalized spacial score (nSPS) is 10.4. The Morgan fingerprint density at radius 1 is 1.00 bits per heavy atom. The lowest BCUT2D eigenvalue weighted by Crippen LogP contribution is -2.12. The number of carbonyl (C=O) groups excluding carboxylic acids is 1. The Bertz CT molecular complexity index is 896. The summed E-state index contributed by atoms with van der Waals surface area (Å²) in [5.74, 6) is 0.910. The first-order chi connectivity index (χ1) is 13.2. The number of aromatic nitrogens is 2. The van der Waals surface area contributed by atoms with Gasteiger partial charge in [0, 0.05) is 12.0 Å². The van der Waals surface area contributed by atoms with E-state index in [2.05, 4.69) is 15.5 Å². The van der Waals surface area contributed by atoms with Gasteiger partial charge in [-0.05, 0) is 37.6 Å². The van der Waals surface area contributed by atoms with Crippen molar-refractivity contribution in [3.63, 3.8) is 0 Å². The standard InChI is InChI=1S/C20H21N3O3S/c1-3-25-16-11-10-15(13-17(16)26-4-2)19(24)21-20-23-22-18(27-20)12-14-8-6-5-7-9-14/h5-11,13H,3-4,12H2,1-2H3,(H,21,23,24). The molecule has 140 valence electrons. The van der Waals surface area contributed by atoms with Gasteiger partial charge in [-0.25, -0.2) is 0 Å². The van der Waals surface area contributed by atoms with Gasteiger partial charge in [0.2, 0.25) is 5.13 Å². The van der Waals surface area contributed by atoms with Gasteiger partial charge in [0.25, 0.3) is 5.91 Å². The molecule has 0 aliphatic heterocycles. The number of ether oxygens (including phenoxy) is 2. The van der Waals surface area contributed by atoms with E-state index in [1.807, 2.05) is 44.2 Å². The minimum atomic E-state index is -0.263. The Labute approximate surface area is 162 Å². The van der Waals surface area contributed by atoms with E-state index in [4.69, 9.17) is 9.47 Å². The van der Waals surface area contributed by atoms with Crippen LogP contribution < -0.4 is 14.8 Å². The molecule has 0 spiro atoms. The van der Waals surface area contributed by atoms with E-state index in [0.29, 0.717) is 41.8 Å². The summed E-state index contributed by atoms with van der Waals surface area (Å²) in [7, 11) is 0. The summed E-state index contributed by atoms with van der Waals surface area (Å²) in [6.07, 6.45) is 0.686. The minimum absolute atomic E-state index is 0.263. The Kier molecular flexibility index (Phi) is 6.38. The van der Waals surface area contributed by atoms with Crippen LogP contribution >= 0.6 is 11.3 Å². The van der Waals surface area contributed by atoms with Crippen LogP contribution in [0.3, 0.4) is 0 Å². The molecule has 1 aromatic heterocycles. The molecule has 7 heteroatoms. The number of carbonyl (C=O) groups is 1. The van der Waals surface area contributed by atoms with Crippen molar-refractivity contribution in [2.24, 2.45) is 0 Å². The van der Waals surface area contributed by atoms with Crippen molar-refractivity contribution >= 4 is 22.4 Å². The molecule has 0 saturated heterocycles. The Morgan fingerprint density at radius 2 is 1.74 bits per heavy atom. The molecule has 0 bridgehead atoms. The highest BCUT2D eigenvalue weighted by atomic mass is 32.1. The van der Waals surface area contributed by atoms with E-state index in [-0.39, 0.29) is 5.91 Å². The molecule has 27 heavy (non-hydrogen) atoms. The molecule has 1 heterocycles. The quantitative estimate of drug-likeness (QED) is 0.632. The van der Waals surface area contributed by atoms with Crippen LogP contribution in [0, 0.1) is 0 Å². The van der Waals surface area contributed by atoms with Crippen LogP contribution in [0.1, 0.15) is 34.8 Å². The van der Waals surface area contributed by atoms with Gasteiger partial charge < -0.3 is 9.47 Å². The van der Waals surface area contributed by atoms with Crippen molar-refractivity contribution in [1.29, 1.82) is 0 Å². The molecule has 0 saturated carbocycles. The Morgan fingerprint density at radius 3 is 2.48 bits per heavy atom. The highest BCUT2D eigenvalue weighted by molar-refractivity contribution is 7.15. The first-order valence-corrected chi connectivity index (χ1v) is 9.58. The fourth-order valence-electron chi connectivity index (χ4n) is 2.51. The van der Waals surface area contributed by atoms with Crippen LogP contribution in [0.4, 0.5) is 5.13 Å². The van der Waals surface area contributed by atoms with Gasteiger partial charge in [0.05, 0.1) is 13.2 Å². The molecule has 0 atom stereocenters. The summed E-state index contributed by atoms with van der Waals surface area (Å²) >= 11 is 1.37. The number of nitrogens with zero attached hydrogens (tertiary/aromatic N) is 2. The van der Waals surface area contributed by atoms with Crippen LogP contribution in [0.5, 0.6) is 11.5 Å². The van der Waals surface area contributed by atoms with Crippen LogP contribution in [-0.2, 0) is 6.42 Å². The third kappa shape index (κ3) is 5.04. The third-order valence-electron chi connectivity index (χ3n) is 3.69. The van der Waals surface area contributed by atoms with Crippen molar-refractivity contribution in [1.82, 2.24) is 10.2 Å². The second-order valence-electron chi connectivity index (χ2n) is 5.64.